The zero-order chi connectivity index (χ0) is 0. The van der Waals surface area contributed by atoms with E-state index >= 15 is 0 Å². The van der Waals surface area contributed by atoms with Gasteiger partial charge in [-0.15, -0.1) is 0 Å². The van der Waals surface area contributed by atoms with Crippen LogP contribution in [0.1, 0.15) is 0 Å². The van der Waals surface area contributed by atoms with E-state index < -0.39 is 0 Å². The standard InChI is InChI=1S/2ClH.6Ni.H2O/h2*1H;;;;;;;1H2/q;;6*+2;/p-2. The molecular formula is H2Cl2Ni6O+10. The predicted octanol–water partition coefficient (Wildman–Crippen LogP) is -6.83. The SMILES string of the molecule is O.[Cl-].[Cl-].[Ni+2].[Ni+2].[Ni+2].[Ni+2].[Ni+2].[Ni+2]. The van der Waals surface area contributed by atoms with Crippen molar-refractivity contribution in [1.29, 1.82) is 0 Å². The molecule has 1 nitrogen and oxygen atoms in total. The minimum atomic E-state index is 0. The second-order valence-corrected chi connectivity index (χ2v) is 0. The summed E-state index contributed by atoms with van der Waals surface area (Å²) in [6.07, 6.45) is 0. The topological polar surface area (TPSA) is 31.5 Å². The summed E-state index contributed by atoms with van der Waals surface area (Å²) in [6.45, 7) is 0. The molecular weight excluding hydrogens is 439 g/mol. The molecule has 0 atom stereocenters. The molecule has 0 aromatic heterocycles. The summed E-state index contributed by atoms with van der Waals surface area (Å²) in [5.74, 6) is 0. The molecule has 0 fully saturated rings. The van der Waals surface area contributed by atoms with Crippen LogP contribution < -0.4 is 24.8 Å². The van der Waals surface area contributed by atoms with Gasteiger partial charge in [-0.2, -0.15) is 0 Å². The van der Waals surface area contributed by atoms with Gasteiger partial charge in [-0.05, 0) is 0 Å². The van der Waals surface area contributed by atoms with Gasteiger partial charge in [-0.1, -0.05) is 0 Å². The summed E-state index contributed by atoms with van der Waals surface area (Å²) in [4.78, 5) is 0. The number of hydrogen-bond donors (Lipinski definition) is 0. The van der Waals surface area contributed by atoms with Gasteiger partial charge in [-0.25, -0.2) is 0 Å². The van der Waals surface area contributed by atoms with E-state index in [1.165, 1.54) is 0 Å². The maximum Gasteiger partial charge on any atom is 2.00 e. The third-order valence-electron chi connectivity index (χ3n) is 0. The molecule has 9 heavy (non-hydrogen) atoms. The van der Waals surface area contributed by atoms with E-state index in [9.17, 15) is 0 Å². The van der Waals surface area contributed by atoms with Crippen LogP contribution in [-0.4, -0.2) is 5.48 Å². The molecule has 0 unspecified atom stereocenters. The van der Waals surface area contributed by atoms with E-state index in [0.717, 1.165) is 0 Å². The average Bonchev–Trinajstić information content (AvgIpc) is 0. The first-order chi connectivity index (χ1) is 0. The Bertz CT molecular complexity index is 11.0. The van der Waals surface area contributed by atoms with Crippen LogP contribution in [0, 0.1) is 0 Å². The van der Waals surface area contributed by atoms with Crippen LogP contribution in [0.5, 0.6) is 0 Å². The van der Waals surface area contributed by atoms with Crippen molar-refractivity contribution >= 4 is 0 Å². The van der Waals surface area contributed by atoms with E-state index in [2.05, 4.69) is 0 Å². The van der Waals surface area contributed by atoms with E-state index in [-0.39, 0.29) is 129 Å². The van der Waals surface area contributed by atoms with Gasteiger partial charge in [0.1, 0.15) is 0 Å². The van der Waals surface area contributed by atoms with E-state index in [4.69, 9.17) is 0 Å². The van der Waals surface area contributed by atoms with Crippen LogP contribution in [0.4, 0.5) is 0 Å². The van der Waals surface area contributed by atoms with Crippen molar-refractivity contribution in [2.24, 2.45) is 0 Å². The molecule has 0 spiro atoms. The molecule has 0 aliphatic heterocycles. The van der Waals surface area contributed by atoms with Gasteiger partial charge in [0.25, 0.3) is 0 Å². The molecule has 0 rings (SSSR count). The fraction of sp³-hybridized carbons (Fsp3) is 0. The normalized spacial score (nSPS) is 0. The predicted molar refractivity (Wildman–Crippen MR) is 3.61 cm³/mol. The van der Waals surface area contributed by atoms with Crippen LogP contribution in [0.25, 0.3) is 0 Å². The van der Waals surface area contributed by atoms with Gasteiger partial charge in [0, 0.05) is 0 Å². The molecule has 0 saturated carbocycles. The van der Waals surface area contributed by atoms with Crippen LogP contribution in [-0.2, 0) is 98.9 Å². The monoisotopic (exact) mass is 436 g/mol. The molecule has 2 N–H and O–H groups in total. The molecule has 0 bridgehead atoms. The Morgan fingerprint density at radius 1 is 0.333 bits per heavy atom. The van der Waals surface area contributed by atoms with Crippen molar-refractivity contribution in [1.82, 2.24) is 0 Å². The Labute approximate surface area is 127 Å². The summed E-state index contributed by atoms with van der Waals surface area (Å²) in [5.41, 5.74) is 0. The van der Waals surface area contributed by atoms with E-state index in [1.807, 2.05) is 0 Å². The molecule has 0 aliphatic rings. The zero-order valence-corrected chi connectivity index (χ0v) is 10.6. The molecule has 72 valence electrons. The first kappa shape index (κ1) is 135. The average molecular weight is 441 g/mol. The zero-order valence-electron chi connectivity index (χ0n) is 3.15. The summed E-state index contributed by atoms with van der Waals surface area (Å²) in [7, 11) is 0. The smallest absolute Gasteiger partial charge is 1.00 e. The van der Waals surface area contributed by atoms with Crippen molar-refractivity contribution in [3.63, 3.8) is 0 Å². The van der Waals surface area contributed by atoms with Gasteiger partial charge in [0.05, 0.1) is 0 Å². The van der Waals surface area contributed by atoms with Crippen LogP contribution >= 0.6 is 0 Å². The molecule has 0 radical (unpaired) electrons. The fourth-order valence-electron chi connectivity index (χ4n) is 0. The molecule has 0 heterocycles. The minimum absolute atomic E-state index is 0. The Morgan fingerprint density at radius 3 is 0.333 bits per heavy atom. The number of rotatable bonds is 0. The summed E-state index contributed by atoms with van der Waals surface area (Å²) < 4.78 is 0. The molecule has 0 amide bonds. The van der Waals surface area contributed by atoms with Crippen molar-refractivity contribution in [2.75, 3.05) is 0 Å². The Morgan fingerprint density at radius 2 is 0.333 bits per heavy atom. The van der Waals surface area contributed by atoms with Gasteiger partial charge in [0.15, 0.2) is 0 Å². The summed E-state index contributed by atoms with van der Waals surface area (Å²) in [6, 6.07) is 0. The van der Waals surface area contributed by atoms with Gasteiger partial charge in [0.2, 0.25) is 0 Å². The van der Waals surface area contributed by atoms with E-state index in [1.54, 1.807) is 0 Å². The minimum Gasteiger partial charge on any atom is -1.00 e. The van der Waals surface area contributed by atoms with Gasteiger partial charge >= 0.3 is 98.9 Å². The van der Waals surface area contributed by atoms with Crippen molar-refractivity contribution in [3.05, 3.63) is 0 Å². The number of hydrogen-bond acceptors (Lipinski definition) is 0. The third kappa shape index (κ3) is 84.7. The van der Waals surface area contributed by atoms with Crippen LogP contribution in [0.15, 0.2) is 0 Å². The quantitative estimate of drug-likeness (QED) is 0.335. The Hall–Kier alpha value is 3.50. The van der Waals surface area contributed by atoms with Crippen LogP contribution in [0.3, 0.4) is 0 Å². The third-order valence-corrected chi connectivity index (χ3v) is 0. The summed E-state index contributed by atoms with van der Waals surface area (Å²) >= 11 is 0. The molecule has 9 heteroatoms. The Kier molecular flexibility index (Phi) is 1550. The molecule has 0 aromatic rings. The van der Waals surface area contributed by atoms with Crippen molar-refractivity contribution in [2.45, 2.75) is 0 Å². The molecule has 0 aliphatic carbocycles. The van der Waals surface area contributed by atoms with Gasteiger partial charge in [-0.3, -0.25) is 0 Å². The van der Waals surface area contributed by atoms with Crippen molar-refractivity contribution in [3.8, 4) is 0 Å². The largest absolute Gasteiger partial charge is 2.00 e. The van der Waals surface area contributed by atoms with Crippen molar-refractivity contribution < 1.29 is 129 Å². The first-order valence-electron chi connectivity index (χ1n) is 0. The molecule has 0 aromatic carbocycles. The maximum absolute atomic E-state index is 0. The fourth-order valence-corrected chi connectivity index (χ4v) is 0. The second kappa shape index (κ2) is 103. The second-order valence-electron chi connectivity index (χ2n) is 0. The maximum atomic E-state index is 0. The number of halogens is 2. The van der Waals surface area contributed by atoms with Gasteiger partial charge < -0.3 is 30.3 Å². The summed E-state index contributed by atoms with van der Waals surface area (Å²) in [5, 5.41) is 0. The molecule has 0 saturated heterocycles. The van der Waals surface area contributed by atoms with Crippen LogP contribution in [0.2, 0.25) is 0 Å². The first-order valence-corrected chi connectivity index (χ1v) is 0. The Balaban J connectivity index is 0. The van der Waals surface area contributed by atoms with E-state index in [0.29, 0.717) is 0 Å².